The fraction of sp³-hybridized carbons (Fsp3) is 0. The molecule has 0 saturated carbocycles. The molecule has 7 heteroatoms. The topological polar surface area (TPSA) is 57.5 Å². The molecule has 0 fully saturated rings. The zero-order chi connectivity index (χ0) is 4.50. The van der Waals surface area contributed by atoms with E-state index in [4.69, 9.17) is 13.3 Å². The minimum absolute atomic E-state index is 0. The average Bonchev–Trinajstić information content (AvgIpc) is 0.722. The molecular formula is H4Na2O3S2. The van der Waals surface area contributed by atoms with Crippen LogP contribution < -0.4 is 59.1 Å². The van der Waals surface area contributed by atoms with Gasteiger partial charge < -0.3 is 2.85 Å². The summed E-state index contributed by atoms with van der Waals surface area (Å²) < 4.78 is 24.0. The van der Waals surface area contributed by atoms with Gasteiger partial charge in [0.2, 0.25) is 0 Å². The van der Waals surface area contributed by atoms with E-state index in [-0.39, 0.29) is 62.0 Å². The van der Waals surface area contributed by atoms with Crippen LogP contribution in [0.15, 0.2) is 0 Å². The van der Waals surface area contributed by atoms with Crippen molar-refractivity contribution in [3.8, 4) is 0 Å². The maximum Gasteiger partial charge on any atom is 1.00 e. The van der Waals surface area contributed by atoms with Gasteiger partial charge in [0.05, 0.1) is 0 Å². The summed E-state index contributed by atoms with van der Waals surface area (Å²) in [5, 5.41) is 0. The van der Waals surface area contributed by atoms with Gasteiger partial charge in [0.25, 0.3) is 9.05 Å². The molecule has 0 spiro atoms. The van der Waals surface area contributed by atoms with Gasteiger partial charge >= 0.3 is 59.1 Å². The van der Waals surface area contributed by atoms with Crippen molar-refractivity contribution in [3.05, 3.63) is 0 Å². The maximum absolute atomic E-state index is 9.11. The fourth-order valence-corrected chi connectivity index (χ4v) is 0. The van der Waals surface area contributed by atoms with E-state index in [0.29, 0.717) is 0 Å². The summed E-state index contributed by atoms with van der Waals surface area (Å²) in [7, 11) is -3.83. The summed E-state index contributed by atoms with van der Waals surface area (Å²) in [5.41, 5.74) is 0. The van der Waals surface area contributed by atoms with E-state index >= 15 is 0 Å². The van der Waals surface area contributed by atoms with Crippen molar-refractivity contribution < 1.29 is 75.3 Å². The van der Waals surface area contributed by atoms with E-state index in [9.17, 15) is 0 Å². The van der Waals surface area contributed by atoms with Crippen LogP contribution in [-0.4, -0.2) is 13.3 Å². The Morgan fingerprint density at radius 3 is 1.43 bits per heavy atom. The van der Waals surface area contributed by atoms with Crippen molar-refractivity contribution in [2.75, 3.05) is 0 Å². The molecule has 0 saturated heterocycles. The number of hydrogen-bond acceptors (Lipinski definition) is 2. The van der Waals surface area contributed by atoms with Crippen LogP contribution in [0, 0.1) is 0 Å². The van der Waals surface area contributed by atoms with Crippen LogP contribution >= 0.6 is 0 Å². The van der Waals surface area contributed by atoms with Gasteiger partial charge in [0, 0.05) is 11.2 Å². The molecule has 0 unspecified atom stereocenters. The largest absolute Gasteiger partial charge is 1.00 e. The van der Waals surface area contributed by atoms with Crippen LogP contribution in [0.1, 0.15) is 2.85 Å². The predicted octanol–water partition coefficient (Wildman–Crippen LogP) is -6.09. The summed E-state index contributed by atoms with van der Waals surface area (Å²) in [6.07, 6.45) is 0. The van der Waals surface area contributed by atoms with E-state index in [1.807, 2.05) is 0 Å². The second kappa shape index (κ2) is 6.41. The Balaban J connectivity index is -0.0000000133. The summed E-state index contributed by atoms with van der Waals surface area (Å²) in [5.74, 6) is 0. The maximum atomic E-state index is 9.11. The minimum Gasteiger partial charge on any atom is -1.00 e. The van der Waals surface area contributed by atoms with Crippen molar-refractivity contribution in [2.24, 2.45) is 0 Å². The molecule has 3 nitrogen and oxygen atoms in total. The van der Waals surface area contributed by atoms with Crippen molar-refractivity contribution in [1.29, 1.82) is 0 Å². The second-order valence-electron chi connectivity index (χ2n) is 0.448. The molecule has 0 heterocycles. The predicted molar refractivity (Wildman–Crippen MR) is 23.0 cm³/mol. The third-order valence-corrected chi connectivity index (χ3v) is 0. The molecule has 0 aromatic heterocycles. The molecule has 0 atom stereocenters. The van der Waals surface area contributed by atoms with Gasteiger partial charge in [-0.2, -0.15) is 4.21 Å². The molecule has 0 bridgehead atoms. The molecule has 0 aromatic carbocycles. The van der Waals surface area contributed by atoms with E-state index in [1.165, 1.54) is 0 Å². The van der Waals surface area contributed by atoms with Crippen molar-refractivity contribution in [2.45, 2.75) is 0 Å². The van der Waals surface area contributed by atoms with Crippen molar-refractivity contribution in [1.82, 2.24) is 0 Å². The Morgan fingerprint density at radius 2 is 1.43 bits per heavy atom. The zero-order valence-corrected chi connectivity index (χ0v) is 9.75. The first-order chi connectivity index (χ1) is 2.00. The van der Waals surface area contributed by atoms with Crippen LogP contribution in [0.25, 0.3) is 0 Å². The quantitative estimate of drug-likeness (QED) is 0.348. The van der Waals surface area contributed by atoms with Crippen molar-refractivity contribution >= 4 is 20.2 Å². The molecule has 0 aliphatic carbocycles. The van der Waals surface area contributed by atoms with Gasteiger partial charge in [-0.25, -0.2) is 0 Å². The Labute approximate surface area is 94.1 Å². The van der Waals surface area contributed by atoms with Gasteiger partial charge in [-0.1, -0.05) is 0 Å². The first-order valence-electron chi connectivity index (χ1n) is 0.698. The Kier molecular flexibility index (Phi) is 14.8. The van der Waals surface area contributed by atoms with Gasteiger partial charge in [0.15, 0.2) is 0 Å². The van der Waals surface area contributed by atoms with Gasteiger partial charge in [-0.3, -0.25) is 9.11 Å². The Bertz CT molecular complexity index is 101. The molecular weight excluding hydrogens is 158 g/mol. The van der Waals surface area contributed by atoms with Crippen LogP contribution in [0.5, 0.6) is 0 Å². The minimum atomic E-state index is -3.83. The summed E-state index contributed by atoms with van der Waals surface area (Å²) in [4.78, 5) is 0. The number of hydrogen-bond donors (Lipinski definition) is 2. The van der Waals surface area contributed by atoms with Crippen molar-refractivity contribution in [3.63, 3.8) is 0 Å². The Morgan fingerprint density at radius 1 is 1.43 bits per heavy atom. The van der Waals surface area contributed by atoms with Crippen LogP contribution in [0.2, 0.25) is 0 Å². The fourth-order valence-electron chi connectivity index (χ4n) is 0. The molecule has 36 valence electrons. The molecule has 0 amide bonds. The third-order valence-electron chi connectivity index (χ3n) is 0. The van der Waals surface area contributed by atoms with Crippen LogP contribution in [-0.2, 0) is 20.2 Å². The van der Waals surface area contributed by atoms with Gasteiger partial charge in [0.1, 0.15) is 0 Å². The van der Waals surface area contributed by atoms with Gasteiger partial charge in [-0.15, -0.1) is 0 Å². The standard InChI is InChI=1S/2Na.H2O3S2.2H/c;;1-5(2,3)4;;/h;;(H2,1,2,3,4);;/q2*+1;;2*-1. The molecule has 7 heavy (non-hydrogen) atoms. The monoisotopic (exact) mass is 162 g/mol. The molecule has 0 radical (unpaired) electrons. The molecule has 0 rings (SSSR count). The van der Waals surface area contributed by atoms with E-state index in [1.54, 1.807) is 0 Å². The molecule has 0 aliphatic rings. The van der Waals surface area contributed by atoms with Crippen LogP contribution in [0.3, 0.4) is 0 Å². The summed E-state index contributed by atoms with van der Waals surface area (Å²) >= 11 is 3.47. The zero-order valence-electron chi connectivity index (χ0n) is 6.12. The van der Waals surface area contributed by atoms with E-state index < -0.39 is 9.05 Å². The van der Waals surface area contributed by atoms with Gasteiger partial charge in [-0.05, 0) is 0 Å². The molecule has 0 aromatic rings. The van der Waals surface area contributed by atoms with Crippen LogP contribution in [0.4, 0.5) is 0 Å². The summed E-state index contributed by atoms with van der Waals surface area (Å²) in [6.45, 7) is 0. The van der Waals surface area contributed by atoms with E-state index in [0.717, 1.165) is 0 Å². The number of rotatable bonds is 0. The first kappa shape index (κ1) is 16.1. The van der Waals surface area contributed by atoms with E-state index in [2.05, 4.69) is 11.2 Å². The average molecular weight is 162 g/mol. The summed E-state index contributed by atoms with van der Waals surface area (Å²) in [6, 6.07) is 0. The molecule has 2 N–H and O–H groups in total. The normalized spacial score (nSPS) is 8.29. The smallest absolute Gasteiger partial charge is 1.00 e. The molecule has 0 aliphatic heterocycles. The first-order valence-corrected chi connectivity index (χ1v) is 3.10. The SMILES string of the molecule is O=S(O)(O)=S.[H-].[H-].[Na+].[Na+]. The second-order valence-corrected chi connectivity index (χ2v) is 2.65. The Hall–Kier alpha value is 2.29. The third kappa shape index (κ3) is 62.5.